The summed E-state index contributed by atoms with van der Waals surface area (Å²) in [5, 5.41) is 8.97. The minimum Gasteiger partial charge on any atom is -0.478 e. The van der Waals surface area contributed by atoms with Crippen molar-refractivity contribution >= 4 is 17.0 Å². The lowest BCUT2D eigenvalue weighted by molar-refractivity contribution is 0.0697. The maximum absolute atomic E-state index is 12.0. The van der Waals surface area contributed by atoms with Crippen LogP contribution in [0.2, 0.25) is 0 Å². The smallest absolute Gasteiger partial charge is 0.335 e. The fourth-order valence-corrected chi connectivity index (χ4v) is 2.23. The molecule has 0 saturated carbocycles. The lowest BCUT2D eigenvalue weighted by Crippen LogP contribution is -2.17. The zero-order chi connectivity index (χ0) is 15.0. The van der Waals surface area contributed by atoms with Gasteiger partial charge in [-0.1, -0.05) is 6.07 Å². The molecular weight excluding hydrogens is 270 g/mol. The number of aryl methyl sites for hydroxylation is 1. The van der Waals surface area contributed by atoms with Crippen LogP contribution in [0.5, 0.6) is 0 Å². The van der Waals surface area contributed by atoms with Gasteiger partial charge in [-0.2, -0.15) is 0 Å². The van der Waals surface area contributed by atoms with E-state index in [1.54, 1.807) is 16.8 Å². The van der Waals surface area contributed by atoms with Gasteiger partial charge in [0.15, 0.2) is 0 Å². The SMILES string of the molecule is Cc1ccc(Cn2c(=O)[nH]c3cc(C(=O)O)ccc32)cn1. The van der Waals surface area contributed by atoms with Gasteiger partial charge in [-0.15, -0.1) is 0 Å². The minimum absolute atomic E-state index is 0.146. The summed E-state index contributed by atoms with van der Waals surface area (Å²) in [6.45, 7) is 2.29. The number of fused-ring (bicyclic) bond motifs is 1. The molecule has 0 fully saturated rings. The fraction of sp³-hybridized carbons (Fsp3) is 0.133. The Balaban J connectivity index is 2.06. The first-order valence-electron chi connectivity index (χ1n) is 6.42. The van der Waals surface area contributed by atoms with Crippen molar-refractivity contribution in [3.63, 3.8) is 0 Å². The molecule has 0 amide bonds. The maximum atomic E-state index is 12.0. The topological polar surface area (TPSA) is 88.0 Å². The molecule has 6 heteroatoms. The quantitative estimate of drug-likeness (QED) is 0.767. The van der Waals surface area contributed by atoms with Gasteiger partial charge in [0.25, 0.3) is 0 Å². The maximum Gasteiger partial charge on any atom is 0.335 e. The Kier molecular flexibility index (Phi) is 3.06. The predicted molar refractivity (Wildman–Crippen MR) is 77.6 cm³/mol. The average Bonchev–Trinajstić information content (AvgIpc) is 2.76. The first-order chi connectivity index (χ1) is 10.0. The van der Waals surface area contributed by atoms with E-state index in [0.717, 1.165) is 11.3 Å². The Hall–Kier alpha value is -2.89. The molecule has 0 unspecified atom stereocenters. The van der Waals surface area contributed by atoms with E-state index in [4.69, 9.17) is 5.11 Å². The summed E-state index contributed by atoms with van der Waals surface area (Å²) in [6, 6.07) is 8.39. The Morgan fingerprint density at radius 3 is 2.81 bits per heavy atom. The van der Waals surface area contributed by atoms with Gasteiger partial charge in [0.2, 0.25) is 0 Å². The van der Waals surface area contributed by atoms with E-state index in [1.165, 1.54) is 12.1 Å². The van der Waals surface area contributed by atoms with Crippen LogP contribution in [0.3, 0.4) is 0 Å². The Labute approximate surface area is 119 Å². The summed E-state index contributed by atoms with van der Waals surface area (Å²) in [5.74, 6) is -1.02. The summed E-state index contributed by atoms with van der Waals surface area (Å²) in [6.07, 6.45) is 1.73. The fourth-order valence-electron chi connectivity index (χ4n) is 2.23. The molecule has 0 bridgehead atoms. The number of aromatic amines is 1. The third-order valence-corrected chi connectivity index (χ3v) is 3.33. The molecule has 3 rings (SSSR count). The minimum atomic E-state index is -1.02. The summed E-state index contributed by atoms with van der Waals surface area (Å²) >= 11 is 0. The zero-order valence-electron chi connectivity index (χ0n) is 11.3. The molecule has 0 aliphatic carbocycles. The van der Waals surface area contributed by atoms with Crippen LogP contribution >= 0.6 is 0 Å². The van der Waals surface area contributed by atoms with Crippen molar-refractivity contribution < 1.29 is 9.90 Å². The molecular formula is C15H13N3O3. The van der Waals surface area contributed by atoms with Crippen LogP contribution in [0.15, 0.2) is 41.3 Å². The number of aromatic carboxylic acids is 1. The lowest BCUT2D eigenvalue weighted by atomic mass is 10.2. The van der Waals surface area contributed by atoms with E-state index >= 15 is 0 Å². The van der Waals surface area contributed by atoms with Crippen LogP contribution in [0.25, 0.3) is 11.0 Å². The number of H-pyrrole nitrogens is 1. The highest BCUT2D eigenvalue weighted by atomic mass is 16.4. The first kappa shape index (κ1) is 13.1. The van der Waals surface area contributed by atoms with Crippen LogP contribution in [0.4, 0.5) is 0 Å². The summed E-state index contributed by atoms with van der Waals surface area (Å²) in [7, 11) is 0. The van der Waals surface area contributed by atoms with Crippen molar-refractivity contribution in [2.24, 2.45) is 0 Å². The molecule has 2 aromatic heterocycles. The van der Waals surface area contributed by atoms with Crippen molar-refractivity contribution in [1.29, 1.82) is 0 Å². The molecule has 0 spiro atoms. The second kappa shape index (κ2) is 4.90. The highest BCUT2D eigenvalue weighted by Gasteiger charge is 2.10. The first-order valence-corrected chi connectivity index (χ1v) is 6.42. The molecule has 0 saturated heterocycles. The highest BCUT2D eigenvalue weighted by molar-refractivity contribution is 5.92. The van der Waals surface area contributed by atoms with Gasteiger partial charge in [0.05, 0.1) is 23.1 Å². The summed E-state index contributed by atoms with van der Waals surface area (Å²) < 4.78 is 1.56. The number of aromatic nitrogens is 3. The van der Waals surface area contributed by atoms with Crippen LogP contribution in [-0.2, 0) is 6.54 Å². The van der Waals surface area contributed by atoms with Crippen molar-refractivity contribution in [2.75, 3.05) is 0 Å². The molecule has 1 aromatic carbocycles. The van der Waals surface area contributed by atoms with Gasteiger partial charge >= 0.3 is 11.7 Å². The van der Waals surface area contributed by atoms with Gasteiger partial charge in [-0.25, -0.2) is 9.59 Å². The van der Waals surface area contributed by atoms with Crippen molar-refractivity contribution in [3.05, 3.63) is 63.8 Å². The van der Waals surface area contributed by atoms with Crippen LogP contribution in [-0.4, -0.2) is 25.6 Å². The van der Waals surface area contributed by atoms with Gasteiger partial charge in [-0.3, -0.25) is 9.55 Å². The monoisotopic (exact) mass is 283 g/mol. The number of imidazole rings is 1. The molecule has 106 valence electrons. The van der Waals surface area contributed by atoms with Gasteiger partial charge in [0, 0.05) is 11.9 Å². The molecule has 0 aliphatic rings. The zero-order valence-corrected chi connectivity index (χ0v) is 11.3. The molecule has 21 heavy (non-hydrogen) atoms. The van der Waals surface area contributed by atoms with Crippen LogP contribution in [0.1, 0.15) is 21.6 Å². The molecule has 3 aromatic rings. The summed E-state index contributed by atoms with van der Waals surface area (Å²) in [4.78, 5) is 29.9. The number of hydrogen-bond donors (Lipinski definition) is 2. The van der Waals surface area contributed by atoms with E-state index in [9.17, 15) is 9.59 Å². The number of nitrogens with one attached hydrogen (secondary N) is 1. The molecule has 0 aliphatic heterocycles. The molecule has 6 nitrogen and oxygen atoms in total. The molecule has 2 heterocycles. The Morgan fingerprint density at radius 1 is 1.33 bits per heavy atom. The standard InChI is InChI=1S/C15H13N3O3/c1-9-2-3-10(7-16-9)8-18-13-5-4-11(14(19)20)6-12(13)17-15(18)21/h2-7H,8H2,1H3,(H,17,21)(H,19,20). The number of carboxylic acids is 1. The number of rotatable bonds is 3. The molecule has 0 radical (unpaired) electrons. The van der Waals surface area contributed by atoms with Gasteiger partial charge < -0.3 is 10.1 Å². The van der Waals surface area contributed by atoms with E-state index in [2.05, 4.69) is 9.97 Å². The molecule has 2 N–H and O–H groups in total. The Bertz CT molecular complexity index is 875. The van der Waals surface area contributed by atoms with Crippen molar-refractivity contribution in [2.45, 2.75) is 13.5 Å². The van der Waals surface area contributed by atoms with Gasteiger partial charge in [0.1, 0.15) is 0 Å². The molecule has 0 atom stereocenters. The highest BCUT2D eigenvalue weighted by Crippen LogP contribution is 2.14. The number of hydrogen-bond acceptors (Lipinski definition) is 3. The normalized spacial score (nSPS) is 10.9. The van der Waals surface area contributed by atoms with Crippen LogP contribution in [0, 0.1) is 6.92 Å². The van der Waals surface area contributed by atoms with E-state index in [0.29, 0.717) is 17.6 Å². The third kappa shape index (κ3) is 2.43. The van der Waals surface area contributed by atoms with Crippen LogP contribution < -0.4 is 5.69 Å². The number of nitrogens with zero attached hydrogens (tertiary/aromatic N) is 2. The van der Waals surface area contributed by atoms with E-state index < -0.39 is 5.97 Å². The number of carboxylic acid groups (broad SMARTS) is 1. The van der Waals surface area contributed by atoms with E-state index in [1.807, 2.05) is 19.1 Å². The van der Waals surface area contributed by atoms with Crippen molar-refractivity contribution in [1.82, 2.24) is 14.5 Å². The largest absolute Gasteiger partial charge is 0.478 e. The van der Waals surface area contributed by atoms with Crippen molar-refractivity contribution in [3.8, 4) is 0 Å². The second-order valence-electron chi connectivity index (χ2n) is 4.86. The number of pyridine rings is 1. The third-order valence-electron chi connectivity index (χ3n) is 3.33. The summed E-state index contributed by atoms with van der Waals surface area (Å²) in [5.41, 5.74) is 2.88. The number of carbonyl (C=O) groups is 1. The van der Waals surface area contributed by atoms with Gasteiger partial charge in [-0.05, 0) is 36.8 Å². The average molecular weight is 283 g/mol. The second-order valence-corrected chi connectivity index (χ2v) is 4.86. The lowest BCUT2D eigenvalue weighted by Gasteiger charge is -2.04. The van der Waals surface area contributed by atoms with E-state index in [-0.39, 0.29) is 11.3 Å². The Morgan fingerprint density at radius 2 is 2.14 bits per heavy atom. The number of benzene rings is 1. The predicted octanol–water partition coefficient (Wildman–Crippen LogP) is 1.78.